The van der Waals surface area contributed by atoms with Crippen LogP contribution in [-0.2, 0) is 4.79 Å². The largest absolute Gasteiger partial charge is 0.348 e. The van der Waals surface area contributed by atoms with Gasteiger partial charge in [-0.15, -0.1) is 24.2 Å². The van der Waals surface area contributed by atoms with Crippen molar-refractivity contribution in [3.05, 3.63) is 29.6 Å². The molecule has 2 N–H and O–H groups in total. The molecule has 0 bridgehead atoms. The minimum absolute atomic E-state index is 0. The summed E-state index contributed by atoms with van der Waals surface area (Å²) in [4.78, 5) is 12.8. The van der Waals surface area contributed by atoms with E-state index in [1.165, 1.54) is 17.8 Å². The summed E-state index contributed by atoms with van der Waals surface area (Å²) in [6, 6.07) is 4.98. The highest BCUT2D eigenvalue weighted by Crippen LogP contribution is 2.37. The first kappa shape index (κ1) is 15.6. The Morgan fingerprint density at radius 3 is 3.00 bits per heavy atom. The number of hydrogen-bond acceptors (Lipinski definition) is 3. The lowest BCUT2D eigenvalue weighted by atomic mass is 10.0. The van der Waals surface area contributed by atoms with Crippen LogP contribution in [-0.4, -0.2) is 24.2 Å². The van der Waals surface area contributed by atoms with Crippen LogP contribution in [0.3, 0.4) is 0 Å². The van der Waals surface area contributed by atoms with E-state index in [-0.39, 0.29) is 36.2 Å². The molecule has 0 aromatic heterocycles. The average molecular weight is 317 g/mol. The van der Waals surface area contributed by atoms with Gasteiger partial charge < -0.3 is 10.6 Å². The van der Waals surface area contributed by atoms with Crippen LogP contribution < -0.4 is 10.6 Å². The van der Waals surface area contributed by atoms with E-state index >= 15 is 0 Å². The number of thioether (sulfide) groups is 1. The molecule has 1 saturated heterocycles. The van der Waals surface area contributed by atoms with Gasteiger partial charge in [0.25, 0.3) is 0 Å². The molecule has 0 saturated carbocycles. The van der Waals surface area contributed by atoms with Gasteiger partial charge in [0, 0.05) is 10.6 Å². The SMILES string of the molecule is Cl.O=C(NC1CCSc2c(F)cccc21)C1CCCN1. The normalized spacial score (nSPS) is 24.6. The summed E-state index contributed by atoms with van der Waals surface area (Å²) < 4.78 is 13.7. The summed E-state index contributed by atoms with van der Waals surface area (Å²) in [5.41, 5.74) is 0.919. The van der Waals surface area contributed by atoms with Crippen LogP contribution >= 0.6 is 24.2 Å². The van der Waals surface area contributed by atoms with Gasteiger partial charge in [-0.25, -0.2) is 4.39 Å². The third-order valence-corrected chi connectivity index (χ3v) is 4.88. The Morgan fingerprint density at radius 2 is 2.25 bits per heavy atom. The number of halogens is 2. The van der Waals surface area contributed by atoms with Crippen molar-refractivity contribution in [1.29, 1.82) is 0 Å². The molecule has 1 aromatic rings. The predicted octanol–water partition coefficient (Wildman–Crippen LogP) is 2.65. The Labute approximate surface area is 128 Å². The van der Waals surface area contributed by atoms with Gasteiger partial charge in [0.05, 0.1) is 12.1 Å². The summed E-state index contributed by atoms with van der Waals surface area (Å²) >= 11 is 1.54. The number of hydrogen-bond donors (Lipinski definition) is 2. The lowest BCUT2D eigenvalue weighted by Crippen LogP contribution is -2.42. The quantitative estimate of drug-likeness (QED) is 0.881. The van der Waals surface area contributed by atoms with Gasteiger partial charge >= 0.3 is 0 Å². The molecule has 110 valence electrons. The molecule has 3 rings (SSSR count). The summed E-state index contributed by atoms with van der Waals surface area (Å²) in [5, 5.41) is 6.25. The highest BCUT2D eigenvalue weighted by atomic mass is 35.5. The number of fused-ring (bicyclic) bond motifs is 1. The van der Waals surface area contributed by atoms with Crippen molar-refractivity contribution in [2.45, 2.75) is 36.2 Å². The molecular formula is C14H18ClFN2OS. The van der Waals surface area contributed by atoms with Crippen LogP contribution in [0.2, 0.25) is 0 Å². The van der Waals surface area contributed by atoms with E-state index in [1.54, 1.807) is 6.07 Å². The maximum atomic E-state index is 13.7. The fourth-order valence-electron chi connectivity index (χ4n) is 2.72. The van der Waals surface area contributed by atoms with Crippen molar-refractivity contribution in [2.24, 2.45) is 0 Å². The Bertz CT molecular complexity index is 494. The number of nitrogens with one attached hydrogen (secondary N) is 2. The molecule has 6 heteroatoms. The van der Waals surface area contributed by atoms with E-state index in [1.807, 2.05) is 6.07 Å². The van der Waals surface area contributed by atoms with Crippen LogP contribution in [0.25, 0.3) is 0 Å². The van der Waals surface area contributed by atoms with Crippen molar-refractivity contribution >= 4 is 30.1 Å². The Kier molecular flexibility index (Phi) is 5.29. The molecule has 1 amide bonds. The van der Waals surface area contributed by atoms with Gasteiger partial charge in [-0.3, -0.25) is 4.79 Å². The average Bonchev–Trinajstić information content (AvgIpc) is 2.94. The minimum Gasteiger partial charge on any atom is -0.348 e. The van der Waals surface area contributed by atoms with Crippen LogP contribution in [0, 0.1) is 5.82 Å². The van der Waals surface area contributed by atoms with Crippen molar-refractivity contribution in [3.8, 4) is 0 Å². The Morgan fingerprint density at radius 1 is 1.40 bits per heavy atom. The molecule has 20 heavy (non-hydrogen) atoms. The van der Waals surface area contributed by atoms with E-state index in [0.717, 1.165) is 37.1 Å². The maximum absolute atomic E-state index is 13.7. The smallest absolute Gasteiger partial charge is 0.237 e. The van der Waals surface area contributed by atoms with Gasteiger partial charge in [-0.1, -0.05) is 12.1 Å². The fraction of sp³-hybridized carbons (Fsp3) is 0.500. The number of benzene rings is 1. The van der Waals surface area contributed by atoms with Crippen molar-refractivity contribution in [1.82, 2.24) is 10.6 Å². The molecule has 0 aliphatic carbocycles. The number of carbonyl (C=O) groups is 1. The number of amides is 1. The molecule has 2 aliphatic heterocycles. The second kappa shape index (κ2) is 6.78. The predicted molar refractivity (Wildman–Crippen MR) is 80.9 cm³/mol. The van der Waals surface area contributed by atoms with Gasteiger partial charge in [0.15, 0.2) is 0 Å². The summed E-state index contributed by atoms with van der Waals surface area (Å²) in [6.07, 6.45) is 2.80. The van der Waals surface area contributed by atoms with Gasteiger partial charge in [-0.05, 0) is 37.4 Å². The Balaban J connectivity index is 0.00000147. The molecule has 2 heterocycles. The van der Waals surface area contributed by atoms with Crippen LogP contribution in [0.5, 0.6) is 0 Å². The summed E-state index contributed by atoms with van der Waals surface area (Å²) in [6.45, 7) is 0.907. The van der Waals surface area contributed by atoms with Crippen molar-refractivity contribution < 1.29 is 9.18 Å². The van der Waals surface area contributed by atoms with E-state index in [2.05, 4.69) is 10.6 Å². The van der Waals surface area contributed by atoms with Crippen LogP contribution in [0.15, 0.2) is 23.1 Å². The lowest BCUT2D eigenvalue weighted by molar-refractivity contribution is -0.123. The molecule has 1 aromatic carbocycles. The summed E-state index contributed by atoms with van der Waals surface area (Å²) in [7, 11) is 0. The summed E-state index contributed by atoms with van der Waals surface area (Å²) in [5.74, 6) is 0.710. The monoisotopic (exact) mass is 316 g/mol. The third kappa shape index (κ3) is 3.10. The van der Waals surface area contributed by atoms with Crippen molar-refractivity contribution in [3.63, 3.8) is 0 Å². The molecule has 2 atom stereocenters. The second-order valence-corrected chi connectivity index (χ2v) is 6.11. The maximum Gasteiger partial charge on any atom is 0.237 e. The van der Waals surface area contributed by atoms with Gasteiger partial charge in [0.1, 0.15) is 5.82 Å². The molecule has 3 nitrogen and oxygen atoms in total. The standard InChI is InChI=1S/C14H17FN2OS.ClH/c15-10-4-1-3-9-11(6-8-19-13(9)10)17-14(18)12-5-2-7-16-12;/h1,3-4,11-12,16H,2,5-8H2,(H,17,18);1H. The van der Waals surface area contributed by atoms with E-state index in [0.29, 0.717) is 4.90 Å². The molecule has 0 radical (unpaired) electrons. The first-order valence-electron chi connectivity index (χ1n) is 6.70. The van der Waals surface area contributed by atoms with Crippen LogP contribution in [0.4, 0.5) is 4.39 Å². The van der Waals surface area contributed by atoms with E-state index in [9.17, 15) is 9.18 Å². The van der Waals surface area contributed by atoms with Gasteiger partial charge in [-0.2, -0.15) is 0 Å². The fourth-order valence-corrected chi connectivity index (χ4v) is 3.86. The number of carbonyl (C=O) groups excluding carboxylic acids is 1. The molecule has 1 fully saturated rings. The highest BCUT2D eigenvalue weighted by Gasteiger charge is 2.28. The van der Waals surface area contributed by atoms with E-state index in [4.69, 9.17) is 0 Å². The topological polar surface area (TPSA) is 41.1 Å². The zero-order valence-electron chi connectivity index (χ0n) is 11.0. The molecule has 0 spiro atoms. The first-order chi connectivity index (χ1) is 9.25. The lowest BCUT2D eigenvalue weighted by Gasteiger charge is -2.27. The minimum atomic E-state index is -0.180. The molecule has 2 aliphatic rings. The van der Waals surface area contributed by atoms with Crippen molar-refractivity contribution in [2.75, 3.05) is 12.3 Å². The zero-order valence-corrected chi connectivity index (χ0v) is 12.7. The number of rotatable bonds is 2. The highest BCUT2D eigenvalue weighted by molar-refractivity contribution is 7.99. The third-order valence-electron chi connectivity index (χ3n) is 3.72. The second-order valence-electron chi connectivity index (χ2n) is 5.01. The Hall–Kier alpha value is -0.780. The van der Waals surface area contributed by atoms with Gasteiger partial charge in [0.2, 0.25) is 5.91 Å². The van der Waals surface area contributed by atoms with E-state index < -0.39 is 0 Å². The first-order valence-corrected chi connectivity index (χ1v) is 7.69. The van der Waals surface area contributed by atoms with Crippen LogP contribution in [0.1, 0.15) is 30.9 Å². The zero-order chi connectivity index (χ0) is 13.2. The molecular weight excluding hydrogens is 299 g/mol. The molecule has 2 unspecified atom stereocenters.